The van der Waals surface area contributed by atoms with Gasteiger partial charge < -0.3 is 19.3 Å². The molecule has 3 aliphatic rings. The Balaban J connectivity index is 1.86. The quantitative estimate of drug-likeness (QED) is 0.831. The summed E-state index contributed by atoms with van der Waals surface area (Å²) in [6.07, 6.45) is -2.28. The van der Waals surface area contributed by atoms with Crippen LogP contribution in [0.2, 0.25) is 0 Å². The van der Waals surface area contributed by atoms with E-state index < -0.39 is 53.2 Å². The Bertz CT molecular complexity index is 807. The third-order valence-corrected chi connectivity index (χ3v) is 5.01. The molecule has 5 atom stereocenters. The number of halogens is 2. The summed E-state index contributed by atoms with van der Waals surface area (Å²) >= 11 is 0. The Morgan fingerprint density at radius 2 is 2.04 bits per heavy atom. The number of aromatic carboxylic acids is 1. The van der Waals surface area contributed by atoms with Crippen molar-refractivity contribution in [3.8, 4) is 5.75 Å². The second kappa shape index (κ2) is 4.30. The van der Waals surface area contributed by atoms with E-state index in [9.17, 15) is 23.2 Å². The van der Waals surface area contributed by atoms with Crippen LogP contribution in [0.15, 0.2) is 11.0 Å². The number of pyridine rings is 1. The number of carboxylic acid groups (broad SMARTS) is 1. The van der Waals surface area contributed by atoms with E-state index in [0.717, 1.165) is 13.3 Å². The average molecular weight is 326 g/mol. The van der Waals surface area contributed by atoms with Crippen molar-refractivity contribution in [3.63, 3.8) is 0 Å². The van der Waals surface area contributed by atoms with Gasteiger partial charge in [0.2, 0.25) is 5.43 Å². The maximum absolute atomic E-state index is 13.6. The number of fused-ring (bicyclic) bond motifs is 5. The largest absolute Gasteiger partial charge is 0.491 e. The number of carbonyl (C=O) groups excluding carboxylic acids is 1. The summed E-state index contributed by atoms with van der Waals surface area (Å²) in [7, 11) is 1.15. The molecule has 1 N–H and O–H groups in total. The Hall–Kier alpha value is -2.45. The molecule has 1 aliphatic carbocycles. The summed E-state index contributed by atoms with van der Waals surface area (Å²) in [5, 5.41) is 9.09. The molecule has 9 heteroatoms. The Labute approximate surface area is 128 Å². The van der Waals surface area contributed by atoms with Crippen molar-refractivity contribution in [2.45, 2.75) is 31.0 Å². The molecule has 2 fully saturated rings. The molecule has 0 aromatic carbocycles. The fourth-order valence-corrected chi connectivity index (χ4v) is 3.90. The molecule has 0 bridgehead atoms. The van der Waals surface area contributed by atoms with Crippen molar-refractivity contribution < 1.29 is 28.2 Å². The van der Waals surface area contributed by atoms with Gasteiger partial charge in [0.15, 0.2) is 17.6 Å². The maximum Gasteiger partial charge on any atom is 0.341 e. The molecular formula is C14H12F2N2O5. The second-order valence-electron chi connectivity index (χ2n) is 5.95. The number of ether oxygens (including phenoxy) is 1. The highest BCUT2D eigenvalue weighted by atomic mass is 19.2. The lowest BCUT2D eigenvalue weighted by molar-refractivity contribution is -0.202. The van der Waals surface area contributed by atoms with Gasteiger partial charge in [-0.05, 0) is 0 Å². The number of hydrogen-bond donors (Lipinski definition) is 1. The molecule has 7 nitrogen and oxygen atoms in total. The summed E-state index contributed by atoms with van der Waals surface area (Å²) in [6.45, 7) is 0.103. The molecular weight excluding hydrogens is 314 g/mol. The lowest BCUT2D eigenvalue weighted by Gasteiger charge is -2.65. The van der Waals surface area contributed by atoms with Crippen molar-refractivity contribution in [3.05, 3.63) is 27.7 Å². The van der Waals surface area contributed by atoms with E-state index in [4.69, 9.17) is 9.84 Å². The van der Waals surface area contributed by atoms with Crippen LogP contribution in [0.3, 0.4) is 0 Å². The highest BCUT2D eigenvalue weighted by molar-refractivity contribution is 5.99. The monoisotopic (exact) mass is 326 g/mol. The molecule has 122 valence electrons. The van der Waals surface area contributed by atoms with Crippen molar-refractivity contribution in [1.29, 1.82) is 0 Å². The number of amides is 1. The van der Waals surface area contributed by atoms with Crippen molar-refractivity contribution in [1.82, 2.24) is 9.47 Å². The zero-order chi connectivity index (χ0) is 16.6. The highest BCUT2D eigenvalue weighted by Gasteiger charge is 2.70. The standard InChI is InChI=1S/C14H12F2N2O5/c1-23-12-10-13(20)18-5(6-7(15)8(16)9(6)18)3-17(10)2-4(11(12)19)14(21)22/h2,5-9H,3H2,1H3,(H,21,22)/t5-,6?,7?,8?,9+/m0/s1. The average Bonchev–Trinajstić information content (AvgIpc) is 2.49. The number of hydrogen-bond acceptors (Lipinski definition) is 4. The summed E-state index contributed by atoms with van der Waals surface area (Å²) in [6, 6.07) is -1.34. The molecule has 1 aromatic heterocycles. The molecule has 4 rings (SSSR count). The van der Waals surface area contributed by atoms with Gasteiger partial charge in [-0.1, -0.05) is 0 Å². The minimum absolute atomic E-state index is 0.103. The lowest BCUT2D eigenvalue weighted by Crippen LogP contribution is -2.82. The molecule has 0 spiro atoms. The topological polar surface area (TPSA) is 88.8 Å². The van der Waals surface area contributed by atoms with E-state index in [1.54, 1.807) is 0 Å². The number of rotatable bonds is 2. The number of carbonyl (C=O) groups is 2. The van der Waals surface area contributed by atoms with E-state index in [-0.39, 0.29) is 18.0 Å². The first-order valence-electron chi connectivity index (χ1n) is 7.04. The molecule has 1 saturated carbocycles. The predicted octanol–water partition coefficient (Wildman–Crippen LogP) is 0.0677. The van der Waals surface area contributed by atoms with Gasteiger partial charge in [0.25, 0.3) is 5.91 Å². The van der Waals surface area contributed by atoms with E-state index in [0.29, 0.717) is 0 Å². The summed E-state index contributed by atoms with van der Waals surface area (Å²) in [5.41, 5.74) is -1.56. The number of alkyl halides is 2. The zero-order valence-corrected chi connectivity index (χ0v) is 11.9. The molecule has 2 aliphatic heterocycles. The Kier molecular flexibility index (Phi) is 2.65. The third-order valence-electron chi connectivity index (χ3n) is 5.01. The van der Waals surface area contributed by atoms with Gasteiger partial charge in [-0.15, -0.1) is 0 Å². The van der Waals surface area contributed by atoms with Gasteiger partial charge in [-0.25, -0.2) is 13.6 Å². The smallest absolute Gasteiger partial charge is 0.341 e. The Morgan fingerprint density at radius 1 is 1.35 bits per heavy atom. The van der Waals surface area contributed by atoms with E-state index >= 15 is 0 Å². The van der Waals surface area contributed by atoms with Crippen LogP contribution >= 0.6 is 0 Å². The van der Waals surface area contributed by atoms with Gasteiger partial charge in [0, 0.05) is 18.7 Å². The minimum Gasteiger partial charge on any atom is -0.491 e. The van der Waals surface area contributed by atoms with Crippen LogP contribution in [0.5, 0.6) is 5.75 Å². The molecule has 0 radical (unpaired) electrons. The van der Waals surface area contributed by atoms with Gasteiger partial charge in [0.05, 0.1) is 19.2 Å². The normalized spacial score (nSPS) is 33.8. The van der Waals surface area contributed by atoms with Gasteiger partial charge >= 0.3 is 5.97 Å². The molecule has 3 unspecified atom stereocenters. The summed E-state index contributed by atoms with van der Waals surface area (Å²) in [5.74, 6) is -3.05. The Morgan fingerprint density at radius 3 is 2.65 bits per heavy atom. The first-order valence-corrected chi connectivity index (χ1v) is 7.04. The second-order valence-corrected chi connectivity index (χ2v) is 5.95. The van der Waals surface area contributed by atoms with Crippen LogP contribution < -0.4 is 10.2 Å². The maximum atomic E-state index is 13.6. The molecule has 3 heterocycles. The van der Waals surface area contributed by atoms with Crippen molar-refractivity contribution in [2.75, 3.05) is 7.11 Å². The number of nitrogens with zero attached hydrogens (tertiary/aromatic N) is 2. The van der Waals surface area contributed by atoms with Gasteiger partial charge in [-0.3, -0.25) is 9.59 Å². The summed E-state index contributed by atoms with van der Waals surface area (Å²) < 4.78 is 33.4. The van der Waals surface area contributed by atoms with E-state index in [2.05, 4.69) is 0 Å². The van der Waals surface area contributed by atoms with Crippen LogP contribution in [0.25, 0.3) is 0 Å². The van der Waals surface area contributed by atoms with Crippen molar-refractivity contribution in [2.24, 2.45) is 5.92 Å². The van der Waals surface area contributed by atoms with Crippen LogP contribution in [0.4, 0.5) is 8.78 Å². The lowest BCUT2D eigenvalue weighted by atomic mass is 9.61. The van der Waals surface area contributed by atoms with Crippen LogP contribution in [0, 0.1) is 5.92 Å². The van der Waals surface area contributed by atoms with Crippen molar-refractivity contribution >= 4 is 11.9 Å². The fraction of sp³-hybridized carbons (Fsp3) is 0.500. The minimum atomic E-state index is -1.72. The van der Waals surface area contributed by atoms with Crippen LogP contribution in [-0.4, -0.2) is 58.0 Å². The van der Waals surface area contributed by atoms with Crippen LogP contribution in [-0.2, 0) is 6.54 Å². The number of piperidine rings is 1. The predicted molar refractivity (Wildman–Crippen MR) is 71.2 cm³/mol. The summed E-state index contributed by atoms with van der Waals surface area (Å²) in [4.78, 5) is 37.1. The third kappa shape index (κ3) is 1.49. The number of methoxy groups -OCH3 is 1. The number of carboxylic acids is 1. The van der Waals surface area contributed by atoms with Gasteiger partial charge in [-0.2, -0.15) is 0 Å². The molecule has 1 aromatic rings. The van der Waals surface area contributed by atoms with Crippen LogP contribution in [0.1, 0.15) is 20.8 Å². The first-order chi connectivity index (χ1) is 10.9. The number of aromatic nitrogens is 1. The van der Waals surface area contributed by atoms with E-state index in [1.165, 1.54) is 9.47 Å². The highest BCUT2D eigenvalue weighted by Crippen LogP contribution is 2.53. The SMILES string of the molecule is COc1c2n(cc(C(=O)O)c1=O)C[C@H]1C3C(F)C(F)[C@@H]3N1C2=O. The van der Waals surface area contributed by atoms with E-state index in [1.807, 2.05) is 0 Å². The van der Waals surface area contributed by atoms with Gasteiger partial charge in [0.1, 0.15) is 11.7 Å². The fourth-order valence-electron chi connectivity index (χ4n) is 3.90. The molecule has 1 saturated heterocycles. The first kappa shape index (κ1) is 14.2. The zero-order valence-electron chi connectivity index (χ0n) is 11.9. The molecule has 1 amide bonds. The molecule has 23 heavy (non-hydrogen) atoms.